The molecule has 2 amide bonds. The molecule has 0 aromatic heterocycles. The monoisotopic (exact) mass is 360 g/mol. The highest BCUT2D eigenvalue weighted by Crippen LogP contribution is 2.29. The summed E-state index contributed by atoms with van der Waals surface area (Å²) in [5, 5.41) is 6.07. The van der Waals surface area contributed by atoms with Crippen LogP contribution in [0.3, 0.4) is 0 Å². The van der Waals surface area contributed by atoms with E-state index in [2.05, 4.69) is 20.4 Å². The van der Waals surface area contributed by atoms with Crippen molar-refractivity contribution in [2.45, 2.75) is 44.3 Å². The largest absolute Gasteiger partial charge is 0.492 e. The van der Waals surface area contributed by atoms with Crippen LogP contribution < -0.4 is 15.4 Å². The van der Waals surface area contributed by atoms with E-state index in [1.807, 2.05) is 38.4 Å². The molecule has 3 rings (SSSR count). The van der Waals surface area contributed by atoms with Gasteiger partial charge in [0.25, 0.3) is 0 Å². The number of rotatable bonds is 8. The predicted octanol–water partition coefficient (Wildman–Crippen LogP) is 2.05. The smallest absolute Gasteiger partial charge is 0.315 e. The minimum atomic E-state index is -0.0684. The van der Waals surface area contributed by atoms with E-state index < -0.39 is 0 Å². The van der Waals surface area contributed by atoms with Crippen molar-refractivity contribution in [1.82, 2.24) is 20.4 Å². The highest BCUT2D eigenvalue weighted by Gasteiger charge is 2.32. The summed E-state index contributed by atoms with van der Waals surface area (Å²) < 4.78 is 5.68. The number of nitrogens with zero attached hydrogens (tertiary/aromatic N) is 2. The Morgan fingerprint density at radius 1 is 1.15 bits per heavy atom. The number of ether oxygens (including phenoxy) is 1. The third-order valence-corrected chi connectivity index (χ3v) is 5.11. The van der Waals surface area contributed by atoms with Gasteiger partial charge in [-0.1, -0.05) is 12.1 Å². The Morgan fingerprint density at radius 3 is 2.46 bits per heavy atom. The lowest BCUT2D eigenvalue weighted by Gasteiger charge is -2.32. The number of carbonyl (C=O) groups excluding carboxylic acids is 1. The zero-order valence-electron chi connectivity index (χ0n) is 16.0. The van der Waals surface area contributed by atoms with Gasteiger partial charge in [0, 0.05) is 38.3 Å². The van der Waals surface area contributed by atoms with E-state index in [1.165, 1.54) is 12.8 Å². The zero-order valence-corrected chi connectivity index (χ0v) is 16.0. The Hall–Kier alpha value is -1.79. The Labute approximate surface area is 156 Å². The van der Waals surface area contributed by atoms with Crippen LogP contribution in [0.15, 0.2) is 24.3 Å². The molecule has 0 unspecified atom stereocenters. The van der Waals surface area contributed by atoms with Gasteiger partial charge in [-0.3, -0.25) is 0 Å². The van der Waals surface area contributed by atoms with E-state index in [-0.39, 0.29) is 6.03 Å². The molecule has 0 radical (unpaired) electrons. The van der Waals surface area contributed by atoms with Gasteiger partial charge in [0.1, 0.15) is 12.4 Å². The number of benzene rings is 1. The van der Waals surface area contributed by atoms with Gasteiger partial charge in [0.05, 0.1) is 0 Å². The lowest BCUT2D eigenvalue weighted by atomic mass is 10.1. The lowest BCUT2D eigenvalue weighted by molar-refractivity contribution is 0.186. The molecule has 2 N–H and O–H groups in total. The van der Waals surface area contributed by atoms with Gasteiger partial charge in [-0.2, -0.15) is 0 Å². The Bertz CT molecular complexity index is 564. The number of hydrogen-bond donors (Lipinski definition) is 2. The molecule has 2 aliphatic rings. The molecule has 1 heterocycles. The molecule has 1 saturated heterocycles. The molecule has 1 aliphatic heterocycles. The maximum absolute atomic E-state index is 12.1. The number of carbonyl (C=O) groups is 1. The normalized spacial score (nSPS) is 18.7. The van der Waals surface area contributed by atoms with Crippen LogP contribution in [0.2, 0.25) is 0 Å². The molecule has 2 fully saturated rings. The van der Waals surface area contributed by atoms with Crippen LogP contribution in [0.1, 0.15) is 31.2 Å². The maximum atomic E-state index is 12.1. The number of urea groups is 1. The summed E-state index contributed by atoms with van der Waals surface area (Å²) in [6.07, 6.45) is 4.84. The highest BCUT2D eigenvalue weighted by atomic mass is 16.5. The summed E-state index contributed by atoms with van der Waals surface area (Å²) in [6.45, 7) is 4.33. The van der Waals surface area contributed by atoms with Crippen LogP contribution in [0.25, 0.3) is 0 Å². The summed E-state index contributed by atoms with van der Waals surface area (Å²) >= 11 is 0. The number of nitrogens with one attached hydrogen (secondary N) is 2. The maximum Gasteiger partial charge on any atom is 0.315 e. The van der Waals surface area contributed by atoms with Gasteiger partial charge in [-0.15, -0.1) is 0 Å². The molecule has 1 aliphatic carbocycles. The molecule has 1 aromatic rings. The van der Waals surface area contributed by atoms with Crippen molar-refractivity contribution in [3.05, 3.63) is 29.8 Å². The molecule has 1 aromatic carbocycles. The summed E-state index contributed by atoms with van der Waals surface area (Å²) in [4.78, 5) is 16.8. The molecule has 0 atom stereocenters. The van der Waals surface area contributed by atoms with Gasteiger partial charge in [0.2, 0.25) is 0 Å². The van der Waals surface area contributed by atoms with Crippen molar-refractivity contribution in [3.8, 4) is 5.75 Å². The van der Waals surface area contributed by atoms with E-state index in [1.54, 1.807) is 0 Å². The van der Waals surface area contributed by atoms with Crippen LogP contribution in [0.5, 0.6) is 5.75 Å². The molecular formula is C20H32N4O2. The first kappa shape index (κ1) is 19.0. The summed E-state index contributed by atoms with van der Waals surface area (Å²) in [5.74, 6) is 0.863. The third-order valence-electron chi connectivity index (χ3n) is 5.11. The second-order valence-electron chi connectivity index (χ2n) is 7.66. The number of hydrogen-bond acceptors (Lipinski definition) is 4. The standard InChI is InChI=1S/C20H32N4O2/c1-23(2)13-14-26-19-7-3-16(4-8-19)15-21-20(25)22-17-9-11-24(12-10-17)18-5-6-18/h3-4,7-8,17-18H,5-6,9-15H2,1-2H3,(H2,21,22,25). The average molecular weight is 361 g/mol. The third kappa shape index (κ3) is 6.18. The number of likely N-dealkylation sites (tertiary alicyclic amines) is 1. The highest BCUT2D eigenvalue weighted by molar-refractivity contribution is 5.74. The first-order chi connectivity index (χ1) is 12.6. The molecule has 1 saturated carbocycles. The van der Waals surface area contributed by atoms with Crippen LogP contribution in [-0.4, -0.2) is 68.3 Å². The second kappa shape index (κ2) is 9.24. The van der Waals surface area contributed by atoms with Crippen LogP contribution >= 0.6 is 0 Å². The first-order valence-electron chi connectivity index (χ1n) is 9.75. The van der Waals surface area contributed by atoms with E-state index in [0.29, 0.717) is 19.2 Å². The van der Waals surface area contributed by atoms with Gasteiger partial charge >= 0.3 is 6.03 Å². The van der Waals surface area contributed by atoms with Crippen molar-refractivity contribution in [2.75, 3.05) is 40.3 Å². The minimum Gasteiger partial charge on any atom is -0.492 e. The van der Waals surface area contributed by atoms with E-state index in [9.17, 15) is 4.79 Å². The van der Waals surface area contributed by atoms with Crippen molar-refractivity contribution < 1.29 is 9.53 Å². The van der Waals surface area contributed by atoms with Gasteiger partial charge in [0.15, 0.2) is 0 Å². The fraction of sp³-hybridized carbons (Fsp3) is 0.650. The topological polar surface area (TPSA) is 56.8 Å². The quantitative estimate of drug-likeness (QED) is 0.745. The minimum absolute atomic E-state index is 0.0684. The van der Waals surface area contributed by atoms with E-state index >= 15 is 0 Å². The van der Waals surface area contributed by atoms with Crippen molar-refractivity contribution >= 4 is 6.03 Å². The average Bonchev–Trinajstić information content (AvgIpc) is 3.47. The molecule has 6 heteroatoms. The number of likely N-dealkylation sites (N-methyl/N-ethyl adjacent to an activating group) is 1. The summed E-state index contributed by atoms with van der Waals surface area (Å²) in [7, 11) is 4.05. The predicted molar refractivity (Wildman–Crippen MR) is 103 cm³/mol. The number of amides is 2. The molecule has 0 bridgehead atoms. The lowest BCUT2D eigenvalue weighted by Crippen LogP contribution is -2.48. The van der Waals surface area contributed by atoms with Crippen molar-refractivity contribution in [3.63, 3.8) is 0 Å². The van der Waals surface area contributed by atoms with Gasteiger partial charge < -0.3 is 25.2 Å². The van der Waals surface area contributed by atoms with Crippen molar-refractivity contribution in [1.29, 1.82) is 0 Å². The second-order valence-corrected chi connectivity index (χ2v) is 7.66. The van der Waals surface area contributed by atoms with Gasteiger partial charge in [-0.25, -0.2) is 4.79 Å². The molecule has 0 spiro atoms. The Morgan fingerprint density at radius 2 is 1.85 bits per heavy atom. The fourth-order valence-electron chi connectivity index (χ4n) is 3.32. The Balaban J connectivity index is 1.32. The summed E-state index contributed by atoms with van der Waals surface area (Å²) in [6, 6.07) is 8.98. The first-order valence-corrected chi connectivity index (χ1v) is 9.75. The van der Waals surface area contributed by atoms with Crippen LogP contribution in [0, 0.1) is 0 Å². The molecule has 26 heavy (non-hydrogen) atoms. The van der Waals surface area contributed by atoms with E-state index in [0.717, 1.165) is 49.8 Å². The van der Waals surface area contributed by atoms with Crippen LogP contribution in [0.4, 0.5) is 4.79 Å². The molecule has 144 valence electrons. The van der Waals surface area contributed by atoms with Crippen molar-refractivity contribution in [2.24, 2.45) is 0 Å². The number of piperidine rings is 1. The Kier molecular flexibility index (Phi) is 6.74. The zero-order chi connectivity index (χ0) is 18.4. The molecular weight excluding hydrogens is 328 g/mol. The molecule has 6 nitrogen and oxygen atoms in total. The van der Waals surface area contributed by atoms with Crippen LogP contribution in [-0.2, 0) is 6.54 Å². The SMILES string of the molecule is CN(C)CCOc1ccc(CNC(=O)NC2CCN(C3CC3)CC2)cc1. The summed E-state index contributed by atoms with van der Waals surface area (Å²) in [5.41, 5.74) is 1.07. The van der Waals surface area contributed by atoms with E-state index in [4.69, 9.17) is 4.74 Å². The fourth-order valence-corrected chi connectivity index (χ4v) is 3.32. The van der Waals surface area contributed by atoms with Gasteiger partial charge in [-0.05, 0) is 57.5 Å².